The molecule has 0 radical (unpaired) electrons. The average Bonchev–Trinajstić information content (AvgIpc) is 2.75. The summed E-state index contributed by atoms with van der Waals surface area (Å²) in [6.07, 6.45) is 6.34. The first-order valence-electron chi connectivity index (χ1n) is 11.1. The highest BCUT2D eigenvalue weighted by Gasteiger charge is 2.10. The second-order valence-corrected chi connectivity index (χ2v) is 8.41. The normalized spacial score (nSPS) is 12.7. The summed E-state index contributed by atoms with van der Waals surface area (Å²) in [5.41, 5.74) is 10.6. The minimum Gasteiger partial charge on any atom is -0.399 e. The fraction of sp³-hybridized carbons (Fsp3) is 0.346. The second-order valence-electron chi connectivity index (χ2n) is 7.97. The first-order chi connectivity index (χ1) is 15.0. The van der Waals surface area contributed by atoms with Gasteiger partial charge in [0.15, 0.2) is 0 Å². The Morgan fingerprint density at radius 1 is 1.10 bits per heavy atom. The lowest BCUT2D eigenvalue weighted by Crippen LogP contribution is -2.25. The van der Waals surface area contributed by atoms with Crippen LogP contribution in [0.5, 0.6) is 0 Å². The summed E-state index contributed by atoms with van der Waals surface area (Å²) in [6, 6.07) is 16.2. The number of rotatable bonds is 10. The van der Waals surface area contributed by atoms with Gasteiger partial charge in [0.2, 0.25) is 0 Å². The maximum atomic E-state index is 6.25. The molecule has 5 heteroatoms. The summed E-state index contributed by atoms with van der Waals surface area (Å²) in [6.45, 7) is 10.0. The molecule has 31 heavy (non-hydrogen) atoms. The molecule has 1 heterocycles. The molecule has 0 bridgehead atoms. The Morgan fingerprint density at radius 2 is 1.90 bits per heavy atom. The van der Waals surface area contributed by atoms with Gasteiger partial charge < -0.3 is 16.0 Å². The molecule has 3 rings (SSSR count). The summed E-state index contributed by atoms with van der Waals surface area (Å²) >= 11 is 6.25. The van der Waals surface area contributed by atoms with Crippen LogP contribution in [0.15, 0.2) is 48.5 Å². The van der Waals surface area contributed by atoms with Gasteiger partial charge in [0.05, 0.1) is 11.2 Å². The molecule has 3 aromatic rings. The average molecular weight is 437 g/mol. The van der Waals surface area contributed by atoms with Crippen LogP contribution in [0, 0.1) is 0 Å². The van der Waals surface area contributed by atoms with E-state index >= 15 is 0 Å². The molecule has 0 spiro atoms. The zero-order chi connectivity index (χ0) is 22.2. The first-order valence-corrected chi connectivity index (χ1v) is 11.5. The summed E-state index contributed by atoms with van der Waals surface area (Å²) in [5.74, 6) is 0. The molecule has 164 valence electrons. The predicted octanol–water partition coefficient (Wildman–Crippen LogP) is 6.56. The number of anilines is 2. The number of hydrogen-bond donors (Lipinski definition) is 2. The van der Waals surface area contributed by atoms with Crippen molar-refractivity contribution < 1.29 is 0 Å². The molecule has 0 aliphatic heterocycles. The van der Waals surface area contributed by atoms with Crippen molar-refractivity contribution >= 4 is 46.0 Å². The molecule has 1 aromatic heterocycles. The van der Waals surface area contributed by atoms with Gasteiger partial charge in [-0.15, -0.1) is 0 Å². The van der Waals surface area contributed by atoms with E-state index in [1.54, 1.807) is 0 Å². The van der Waals surface area contributed by atoms with Crippen LogP contribution >= 0.6 is 11.6 Å². The van der Waals surface area contributed by atoms with Gasteiger partial charge >= 0.3 is 0 Å². The zero-order valence-electron chi connectivity index (χ0n) is 18.7. The predicted molar refractivity (Wildman–Crippen MR) is 137 cm³/mol. The number of nitrogen functional groups attached to an aromatic ring is 1. The van der Waals surface area contributed by atoms with E-state index in [9.17, 15) is 0 Å². The van der Waals surface area contributed by atoms with Crippen LogP contribution in [-0.4, -0.2) is 35.6 Å². The van der Waals surface area contributed by atoms with Crippen molar-refractivity contribution in [3.8, 4) is 0 Å². The molecular formula is C26H33ClN4. The van der Waals surface area contributed by atoms with Gasteiger partial charge in [-0.05, 0) is 87.4 Å². The lowest BCUT2D eigenvalue weighted by Gasteiger charge is -2.21. The van der Waals surface area contributed by atoms with E-state index in [1.165, 1.54) is 6.42 Å². The maximum absolute atomic E-state index is 6.25. The van der Waals surface area contributed by atoms with Crippen LogP contribution in [0.3, 0.4) is 0 Å². The molecule has 0 aliphatic rings. The van der Waals surface area contributed by atoms with Crippen molar-refractivity contribution in [3.63, 3.8) is 0 Å². The van der Waals surface area contributed by atoms with Crippen LogP contribution in [0.25, 0.3) is 23.1 Å². The van der Waals surface area contributed by atoms with E-state index in [-0.39, 0.29) is 0 Å². The SMILES string of the molecule is CCN(CC)CCCC(C)Nc1cc(/C=C/c2cccc(N)c2)nc2cc(Cl)ccc12. The van der Waals surface area contributed by atoms with Gasteiger partial charge in [-0.2, -0.15) is 0 Å². The topological polar surface area (TPSA) is 54.2 Å². The largest absolute Gasteiger partial charge is 0.399 e. The summed E-state index contributed by atoms with van der Waals surface area (Å²) in [4.78, 5) is 7.27. The molecule has 0 saturated heterocycles. The van der Waals surface area contributed by atoms with Crippen LogP contribution in [0.4, 0.5) is 11.4 Å². The highest BCUT2D eigenvalue weighted by Crippen LogP contribution is 2.28. The van der Waals surface area contributed by atoms with Crippen LogP contribution in [-0.2, 0) is 0 Å². The van der Waals surface area contributed by atoms with E-state index in [4.69, 9.17) is 22.3 Å². The Hall–Kier alpha value is -2.56. The lowest BCUT2D eigenvalue weighted by molar-refractivity contribution is 0.295. The Balaban J connectivity index is 1.80. The third kappa shape index (κ3) is 6.71. The van der Waals surface area contributed by atoms with Crippen molar-refractivity contribution in [1.29, 1.82) is 0 Å². The van der Waals surface area contributed by atoms with E-state index in [0.717, 1.165) is 59.6 Å². The molecule has 0 amide bonds. The van der Waals surface area contributed by atoms with Crippen molar-refractivity contribution in [1.82, 2.24) is 9.88 Å². The van der Waals surface area contributed by atoms with E-state index in [1.807, 2.05) is 54.6 Å². The Kier molecular flexibility index (Phi) is 8.33. The number of nitrogens with one attached hydrogen (secondary N) is 1. The van der Waals surface area contributed by atoms with Crippen molar-refractivity contribution in [3.05, 3.63) is 64.8 Å². The Bertz CT molecular complexity index is 1030. The monoisotopic (exact) mass is 436 g/mol. The third-order valence-corrected chi connectivity index (χ3v) is 5.79. The number of aromatic nitrogens is 1. The van der Waals surface area contributed by atoms with Crippen molar-refractivity contribution in [2.75, 3.05) is 30.7 Å². The van der Waals surface area contributed by atoms with Gasteiger partial charge in [-0.25, -0.2) is 4.98 Å². The molecule has 0 aliphatic carbocycles. The smallest absolute Gasteiger partial charge is 0.0744 e. The fourth-order valence-corrected chi connectivity index (χ4v) is 3.94. The van der Waals surface area contributed by atoms with E-state index in [2.05, 4.69) is 37.1 Å². The summed E-state index contributed by atoms with van der Waals surface area (Å²) < 4.78 is 0. The maximum Gasteiger partial charge on any atom is 0.0744 e. The zero-order valence-corrected chi connectivity index (χ0v) is 19.5. The Morgan fingerprint density at radius 3 is 2.65 bits per heavy atom. The quantitative estimate of drug-likeness (QED) is 0.353. The molecule has 4 nitrogen and oxygen atoms in total. The standard InChI is InChI=1S/C26H33ClN4/c1-4-31(5-2)15-7-8-19(3)29-26-18-23(13-11-20-9-6-10-22(28)16-20)30-25-17-21(27)12-14-24(25)26/h6,9-14,16-19H,4-5,7-8,15,28H2,1-3H3,(H,29,30)/b13-11+. The van der Waals surface area contributed by atoms with Gasteiger partial charge in [0.1, 0.15) is 0 Å². The van der Waals surface area contributed by atoms with Gasteiger partial charge in [-0.1, -0.05) is 43.7 Å². The molecule has 1 atom stereocenters. The van der Waals surface area contributed by atoms with Crippen LogP contribution in [0.2, 0.25) is 5.02 Å². The van der Waals surface area contributed by atoms with Crippen molar-refractivity contribution in [2.45, 2.75) is 39.7 Å². The number of hydrogen-bond acceptors (Lipinski definition) is 4. The summed E-state index contributed by atoms with van der Waals surface area (Å²) in [7, 11) is 0. The lowest BCUT2D eigenvalue weighted by atomic mass is 10.1. The number of halogens is 1. The summed E-state index contributed by atoms with van der Waals surface area (Å²) in [5, 5.41) is 5.48. The number of benzene rings is 2. The number of nitrogens with zero attached hydrogens (tertiary/aromatic N) is 2. The molecule has 2 aromatic carbocycles. The molecule has 1 unspecified atom stereocenters. The minimum atomic E-state index is 0.364. The number of fused-ring (bicyclic) bond motifs is 1. The first kappa shape index (κ1) is 23.1. The highest BCUT2D eigenvalue weighted by atomic mass is 35.5. The third-order valence-electron chi connectivity index (χ3n) is 5.56. The fourth-order valence-electron chi connectivity index (χ4n) is 3.77. The van der Waals surface area contributed by atoms with Crippen molar-refractivity contribution in [2.24, 2.45) is 0 Å². The van der Waals surface area contributed by atoms with Gasteiger partial charge in [0, 0.05) is 27.8 Å². The Labute approximate surface area is 191 Å². The van der Waals surface area contributed by atoms with Crippen LogP contribution in [0.1, 0.15) is 44.9 Å². The van der Waals surface area contributed by atoms with Gasteiger partial charge in [0.25, 0.3) is 0 Å². The number of nitrogens with two attached hydrogens (primary N) is 1. The minimum absolute atomic E-state index is 0.364. The number of pyridine rings is 1. The van der Waals surface area contributed by atoms with Gasteiger partial charge in [-0.3, -0.25) is 0 Å². The van der Waals surface area contributed by atoms with E-state index in [0.29, 0.717) is 11.1 Å². The molecular weight excluding hydrogens is 404 g/mol. The van der Waals surface area contributed by atoms with Crippen LogP contribution < -0.4 is 11.1 Å². The molecule has 3 N–H and O–H groups in total. The second kappa shape index (κ2) is 11.2. The van der Waals surface area contributed by atoms with E-state index < -0.39 is 0 Å². The highest BCUT2D eigenvalue weighted by molar-refractivity contribution is 6.31. The molecule has 0 saturated carbocycles. The molecule has 0 fully saturated rings.